The van der Waals surface area contributed by atoms with Gasteiger partial charge in [0.2, 0.25) is 0 Å². The van der Waals surface area contributed by atoms with Gasteiger partial charge in [-0.2, -0.15) is 0 Å². The Morgan fingerprint density at radius 3 is 2.29 bits per heavy atom. The Labute approximate surface area is 130 Å². The largest absolute Gasteiger partial charge is 0.308 e. The van der Waals surface area contributed by atoms with Crippen molar-refractivity contribution in [3.8, 4) is 0 Å². The summed E-state index contributed by atoms with van der Waals surface area (Å²) in [6.07, 6.45) is 0. The van der Waals surface area contributed by atoms with Gasteiger partial charge in [0.05, 0.1) is 3.79 Å². The van der Waals surface area contributed by atoms with Crippen LogP contribution in [0.25, 0.3) is 0 Å². The maximum atomic E-state index is 3.50. The van der Waals surface area contributed by atoms with Gasteiger partial charge in [-0.3, -0.25) is 0 Å². The van der Waals surface area contributed by atoms with E-state index in [1.165, 1.54) is 10.4 Å². The van der Waals surface area contributed by atoms with Crippen LogP contribution in [0, 0.1) is 0 Å². The molecule has 0 unspecified atom stereocenters. The molecule has 0 bridgehead atoms. The molecule has 0 aliphatic heterocycles. The first kappa shape index (κ1) is 13.7. The highest BCUT2D eigenvalue weighted by Crippen LogP contribution is 2.32. The Bertz CT molecular complexity index is 473. The second kappa shape index (κ2) is 6.48. The van der Waals surface area contributed by atoms with Crippen molar-refractivity contribution in [3.63, 3.8) is 0 Å². The average Bonchev–Trinajstić information content (AvgIpc) is 2.61. The second-order valence-electron chi connectivity index (χ2n) is 3.56. The van der Waals surface area contributed by atoms with Crippen LogP contribution in [0.5, 0.6) is 0 Å². The van der Waals surface area contributed by atoms with E-state index in [0.29, 0.717) is 0 Å². The molecule has 0 fully saturated rings. The lowest BCUT2D eigenvalue weighted by Gasteiger charge is -2.03. The lowest BCUT2D eigenvalue weighted by atomic mass is 10.2. The molecule has 2 aromatic rings. The van der Waals surface area contributed by atoms with E-state index >= 15 is 0 Å². The van der Waals surface area contributed by atoms with Gasteiger partial charge in [0.25, 0.3) is 0 Å². The predicted octanol–water partition coefficient (Wildman–Crippen LogP) is 5.33. The molecule has 2 rings (SSSR count). The summed E-state index contributed by atoms with van der Waals surface area (Å²) in [5.41, 5.74) is 1.29. The summed E-state index contributed by atoms with van der Waals surface area (Å²) in [5.74, 6) is 0. The summed E-state index contributed by atoms with van der Waals surface area (Å²) >= 11 is 12.2. The fourth-order valence-electron chi connectivity index (χ4n) is 1.41. The summed E-state index contributed by atoms with van der Waals surface area (Å²) in [5, 5.41) is 3.43. The third-order valence-corrected chi connectivity index (χ3v) is 6.02. The summed E-state index contributed by atoms with van der Waals surface area (Å²) in [6, 6.07) is 10.5. The topological polar surface area (TPSA) is 12.0 Å². The summed E-state index contributed by atoms with van der Waals surface area (Å²) < 4.78 is 3.40. The van der Waals surface area contributed by atoms with Crippen LogP contribution in [0.15, 0.2) is 43.1 Å². The Kier molecular flexibility index (Phi) is 5.24. The normalized spacial score (nSPS) is 10.8. The Hall–Kier alpha value is 0.320. The SMILES string of the molecule is Brc1ccc(CNCc2cc(Br)c(Br)s2)cc1. The van der Waals surface area contributed by atoms with Crippen LogP contribution >= 0.6 is 59.1 Å². The minimum Gasteiger partial charge on any atom is -0.308 e. The van der Waals surface area contributed by atoms with Crippen LogP contribution in [0.4, 0.5) is 0 Å². The fraction of sp³-hybridized carbons (Fsp3) is 0.167. The number of halogens is 3. The first-order valence-corrected chi connectivity index (χ1v) is 8.23. The van der Waals surface area contributed by atoms with Gasteiger partial charge in [-0.25, -0.2) is 0 Å². The van der Waals surface area contributed by atoms with Gasteiger partial charge in [0.15, 0.2) is 0 Å². The first-order valence-electron chi connectivity index (χ1n) is 5.04. The van der Waals surface area contributed by atoms with Gasteiger partial charge in [0.1, 0.15) is 0 Å². The van der Waals surface area contributed by atoms with E-state index in [0.717, 1.165) is 25.8 Å². The van der Waals surface area contributed by atoms with Crippen molar-refractivity contribution in [1.82, 2.24) is 5.32 Å². The quantitative estimate of drug-likeness (QED) is 0.679. The van der Waals surface area contributed by atoms with Crippen molar-refractivity contribution in [2.45, 2.75) is 13.1 Å². The molecular formula is C12H10Br3NS. The zero-order valence-electron chi connectivity index (χ0n) is 8.84. The number of benzene rings is 1. The van der Waals surface area contributed by atoms with Gasteiger partial charge in [-0.05, 0) is 55.6 Å². The fourth-order valence-corrected chi connectivity index (χ4v) is 3.82. The lowest BCUT2D eigenvalue weighted by molar-refractivity contribution is 0.701. The van der Waals surface area contributed by atoms with Crippen molar-refractivity contribution >= 4 is 59.1 Å². The maximum Gasteiger partial charge on any atom is 0.0843 e. The molecule has 0 spiro atoms. The van der Waals surface area contributed by atoms with Gasteiger partial charge >= 0.3 is 0 Å². The van der Waals surface area contributed by atoms with E-state index in [1.54, 1.807) is 11.3 Å². The number of thiophene rings is 1. The van der Waals surface area contributed by atoms with E-state index < -0.39 is 0 Å². The average molecular weight is 440 g/mol. The lowest BCUT2D eigenvalue weighted by Crippen LogP contribution is -2.11. The third kappa shape index (κ3) is 4.17. The molecule has 17 heavy (non-hydrogen) atoms. The molecule has 1 N–H and O–H groups in total. The molecule has 90 valence electrons. The van der Waals surface area contributed by atoms with Crippen LogP contribution < -0.4 is 5.32 Å². The molecule has 1 aromatic carbocycles. The minimum atomic E-state index is 0.889. The Morgan fingerprint density at radius 2 is 1.71 bits per heavy atom. The molecule has 5 heteroatoms. The molecule has 0 saturated carbocycles. The molecule has 0 saturated heterocycles. The molecule has 0 atom stereocenters. The van der Waals surface area contributed by atoms with E-state index in [9.17, 15) is 0 Å². The molecule has 1 heterocycles. The van der Waals surface area contributed by atoms with E-state index in [1.807, 2.05) is 0 Å². The predicted molar refractivity (Wildman–Crippen MR) is 84.4 cm³/mol. The zero-order valence-corrected chi connectivity index (χ0v) is 14.4. The Morgan fingerprint density at radius 1 is 1.00 bits per heavy atom. The van der Waals surface area contributed by atoms with Crippen LogP contribution in [0.3, 0.4) is 0 Å². The van der Waals surface area contributed by atoms with E-state index in [4.69, 9.17) is 0 Å². The number of nitrogens with one attached hydrogen (secondary N) is 1. The smallest absolute Gasteiger partial charge is 0.0843 e. The van der Waals surface area contributed by atoms with Crippen LogP contribution in [0.2, 0.25) is 0 Å². The first-order chi connectivity index (χ1) is 8.15. The van der Waals surface area contributed by atoms with Crippen molar-refractivity contribution in [2.75, 3.05) is 0 Å². The number of hydrogen-bond acceptors (Lipinski definition) is 2. The maximum absolute atomic E-state index is 3.50. The third-order valence-electron chi connectivity index (χ3n) is 2.24. The highest BCUT2D eigenvalue weighted by atomic mass is 79.9. The van der Waals surface area contributed by atoms with Gasteiger partial charge in [-0.15, -0.1) is 11.3 Å². The molecule has 0 aliphatic rings. The molecule has 0 amide bonds. The van der Waals surface area contributed by atoms with Crippen molar-refractivity contribution < 1.29 is 0 Å². The highest BCUT2D eigenvalue weighted by molar-refractivity contribution is 9.13. The van der Waals surface area contributed by atoms with Crippen LogP contribution in [-0.4, -0.2) is 0 Å². The standard InChI is InChI=1S/C12H10Br3NS/c13-9-3-1-8(2-4-9)6-16-7-10-5-11(14)12(15)17-10/h1-5,16H,6-7H2. The van der Waals surface area contributed by atoms with Crippen molar-refractivity contribution in [2.24, 2.45) is 0 Å². The zero-order chi connectivity index (χ0) is 12.3. The molecule has 1 aromatic heterocycles. The Balaban J connectivity index is 1.85. The van der Waals surface area contributed by atoms with Crippen molar-refractivity contribution in [3.05, 3.63) is 53.5 Å². The molecular weight excluding hydrogens is 430 g/mol. The van der Waals surface area contributed by atoms with Gasteiger partial charge in [0, 0.05) is 26.9 Å². The summed E-state index contributed by atoms with van der Waals surface area (Å²) in [6.45, 7) is 1.78. The molecule has 0 aliphatic carbocycles. The van der Waals surface area contributed by atoms with Gasteiger partial charge in [-0.1, -0.05) is 28.1 Å². The summed E-state index contributed by atoms with van der Waals surface area (Å²) in [4.78, 5) is 1.32. The second-order valence-corrected chi connectivity index (χ2v) is 7.79. The van der Waals surface area contributed by atoms with E-state index in [-0.39, 0.29) is 0 Å². The molecule has 0 radical (unpaired) electrons. The highest BCUT2D eigenvalue weighted by Gasteiger charge is 2.03. The van der Waals surface area contributed by atoms with Crippen LogP contribution in [0.1, 0.15) is 10.4 Å². The molecule has 1 nitrogen and oxygen atoms in total. The summed E-state index contributed by atoms with van der Waals surface area (Å²) in [7, 11) is 0. The van der Waals surface area contributed by atoms with Crippen LogP contribution in [-0.2, 0) is 13.1 Å². The van der Waals surface area contributed by atoms with Crippen molar-refractivity contribution in [1.29, 1.82) is 0 Å². The van der Waals surface area contributed by atoms with Gasteiger partial charge < -0.3 is 5.32 Å². The number of rotatable bonds is 4. The van der Waals surface area contributed by atoms with E-state index in [2.05, 4.69) is 83.4 Å². The monoisotopic (exact) mass is 437 g/mol. The number of hydrogen-bond donors (Lipinski definition) is 1. The minimum absolute atomic E-state index is 0.889.